The third-order valence-corrected chi connectivity index (χ3v) is 3.79. The Kier molecular flexibility index (Phi) is 6.35. The van der Waals surface area contributed by atoms with Gasteiger partial charge in [0.15, 0.2) is 5.16 Å². The number of hydrogen-bond donors (Lipinski definition) is 1. The summed E-state index contributed by atoms with van der Waals surface area (Å²) in [6.07, 6.45) is 2.45. The maximum absolute atomic E-state index is 13.4. The Balaban J connectivity index is 1.84. The molecule has 118 valence electrons. The quantitative estimate of drug-likeness (QED) is 0.595. The highest BCUT2D eigenvalue weighted by Gasteiger charge is 2.10. The van der Waals surface area contributed by atoms with Crippen molar-refractivity contribution in [3.63, 3.8) is 0 Å². The summed E-state index contributed by atoms with van der Waals surface area (Å²) in [7, 11) is 1.65. The second-order valence-electron chi connectivity index (χ2n) is 4.47. The van der Waals surface area contributed by atoms with Gasteiger partial charge in [0.25, 0.3) is 0 Å². The lowest BCUT2D eigenvalue weighted by molar-refractivity contribution is -0.113. The predicted molar refractivity (Wildman–Crippen MR) is 82.3 cm³/mol. The van der Waals surface area contributed by atoms with Gasteiger partial charge in [-0.2, -0.15) is 0 Å². The number of nitrogens with zero attached hydrogens (tertiary/aromatic N) is 3. The van der Waals surface area contributed by atoms with E-state index in [9.17, 15) is 9.18 Å². The number of anilines is 1. The van der Waals surface area contributed by atoms with Gasteiger partial charge in [0, 0.05) is 20.3 Å². The summed E-state index contributed by atoms with van der Waals surface area (Å²) in [5, 5.41) is 11.0. The Bertz CT molecular complexity index is 620. The molecule has 0 atom stereocenters. The Morgan fingerprint density at radius 2 is 2.27 bits per heavy atom. The molecule has 8 heteroatoms. The summed E-state index contributed by atoms with van der Waals surface area (Å²) in [5.41, 5.74) is 0.176. The number of halogens is 1. The first kappa shape index (κ1) is 16.4. The van der Waals surface area contributed by atoms with Crippen molar-refractivity contribution in [3.8, 4) is 0 Å². The van der Waals surface area contributed by atoms with Crippen LogP contribution in [0.1, 0.15) is 6.42 Å². The van der Waals surface area contributed by atoms with E-state index in [1.165, 1.54) is 23.9 Å². The van der Waals surface area contributed by atoms with Crippen LogP contribution in [-0.4, -0.2) is 40.1 Å². The summed E-state index contributed by atoms with van der Waals surface area (Å²) in [6.45, 7) is 1.37. The van der Waals surface area contributed by atoms with Crippen LogP contribution in [0.3, 0.4) is 0 Å². The molecular formula is C14H17FN4O2S. The molecule has 0 aliphatic heterocycles. The normalized spacial score (nSPS) is 10.6. The van der Waals surface area contributed by atoms with Crippen molar-refractivity contribution in [1.29, 1.82) is 0 Å². The monoisotopic (exact) mass is 324 g/mol. The number of thioether (sulfide) groups is 1. The van der Waals surface area contributed by atoms with E-state index < -0.39 is 5.82 Å². The van der Waals surface area contributed by atoms with Crippen molar-refractivity contribution in [1.82, 2.24) is 14.8 Å². The van der Waals surface area contributed by atoms with Crippen LogP contribution < -0.4 is 5.32 Å². The molecule has 1 aromatic carbocycles. The van der Waals surface area contributed by atoms with Crippen molar-refractivity contribution in [2.24, 2.45) is 0 Å². The van der Waals surface area contributed by atoms with Gasteiger partial charge in [-0.15, -0.1) is 10.2 Å². The topological polar surface area (TPSA) is 69.0 Å². The molecule has 1 heterocycles. The van der Waals surface area contributed by atoms with Gasteiger partial charge in [-0.3, -0.25) is 4.79 Å². The highest BCUT2D eigenvalue weighted by Crippen LogP contribution is 2.17. The minimum Gasteiger partial charge on any atom is -0.385 e. The molecule has 0 radical (unpaired) electrons. The van der Waals surface area contributed by atoms with E-state index in [0.29, 0.717) is 11.8 Å². The molecule has 2 aromatic rings. The average Bonchev–Trinajstić information content (AvgIpc) is 2.95. The van der Waals surface area contributed by atoms with Crippen molar-refractivity contribution in [2.75, 3.05) is 24.8 Å². The molecular weight excluding hydrogens is 307 g/mol. The molecule has 0 aliphatic rings. The summed E-state index contributed by atoms with van der Waals surface area (Å²) in [6, 6.07) is 6.06. The van der Waals surface area contributed by atoms with Crippen molar-refractivity contribution in [3.05, 3.63) is 36.4 Å². The number of nitrogens with one attached hydrogen (secondary N) is 1. The number of hydrogen-bond acceptors (Lipinski definition) is 5. The number of rotatable bonds is 8. The third kappa shape index (κ3) is 4.81. The van der Waals surface area contributed by atoms with E-state index in [2.05, 4.69) is 15.5 Å². The molecule has 0 bridgehead atoms. The maximum atomic E-state index is 13.4. The fourth-order valence-corrected chi connectivity index (χ4v) is 2.51. The second-order valence-corrected chi connectivity index (χ2v) is 5.41. The van der Waals surface area contributed by atoms with Crippen LogP contribution >= 0.6 is 11.8 Å². The summed E-state index contributed by atoms with van der Waals surface area (Å²) >= 11 is 1.26. The number of methoxy groups -OCH3 is 1. The third-order valence-electron chi connectivity index (χ3n) is 2.81. The number of carbonyl (C=O) groups excluding carboxylic acids is 1. The van der Waals surface area contributed by atoms with E-state index in [4.69, 9.17) is 4.74 Å². The number of ether oxygens (including phenoxy) is 1. The first-order valence-corrected chi connectivity index (χ1v) is 7.73. The zero-order valence-corrected chi connectivity index (χ0v) is 13.0. The Morgan fingerprint density at radius 1 is 1.45 bits per heavy atom. The fourth-order valence-electron chi connectivity index (χ4n) is 1.77. The zero-order chi connectivity index (χ0) is 15.8. The van der Waals surface area contributed by atoms with E-state index in [0.717, 1.165) is 13.0 Å². The van der Waals surface area contributed by atoms with Crippen LogP contribution in [0.4, 0.5) is 10.1 Å². The molecule has 0 saturated carbocycles. The highest BCUT2D eigenvalue weighted by atomic mass is 32.2. The van der Waals surface area contributed by atoms with Crippen molar-refractivity contribution in [2.45, 2.75) is 18.1 Å². The molecule has 1 amide bonds. The van der Waals surface area contributed by atoms with Gasteiger partial charge in [0.1, 0.15) is 12.1 Å². The van der Waals surface area contributed by atoms with Crippen molar-refractivity contribution >= 4 is 23.4 Å². The highest BCUT2D eigenvalue weighted by molar-refractivity contribution is 7.99. The first-order valence-electron chi connectivity index (χ1n) is 6.74. The number of para-hydroxylation sites is 1. The van der Waals surface area contributed by atoms with Gasteiger partial charge in [-0.25, -0.2) is 4.39 Å². The van der Waals surface area contributed by atoms with E-state index >= 15 is 0 Å². The van der Waals surface area contributed by atoms with Crippen LogP contribution in [0.25, 0.3) is 0 Å². The smallest absolute Gasteiger partial charge is 0.234 e. The Labute approximate surface area is 132 Å². The van der Waals surface area contributed by atoms with Crippen LogP contribution in [0, 0.1) is 5.82 Å². The summed E-state index contributed by atoms with van der Waals surface area (Å²) in [4.78, 5) is 11.9. The standard InChI is InChI=1S/C14H17FN4O2S/c1-21-8-4-7-19-10-16-18-14(19)22-9-13(20)17-12-6-3-2-5-11(12)15/h2-3,5-6,10H,4,7-9H2,1H3,(H,17,20). The Hall–Kier alpha value is -1.93. The molecule has 1 aromatic heterocycles. The van der Waals surface area contributed by atoms with Gasteiger partial charge in [0.05, 0.1) is 11.4 Å². The van der Waals surface area contributed by atoms with Crippen LogP contribution in [0.15, 0.2) is 35.7 Å². The molecule has 0 saturated heterocycles. The lowest BCUT2D eigenvalue weighted by atomic mass is 10.3. The van der Waals surface area contributed by atoms with Gasteiger partial charge < -0.3 is 14.6 Å². The lowest BCUT2D eigenvalue weighted by Crippen LogP contribution is -2.15. The van der Waals surface area contributed by atoms with E-state index in [-0.39, 0.29) is 17.3 Å². The molecule has 0 aliphatic carbocycles. The summed E-state index contributed by atoms with van der Waals surface area (Å²) in [5.74, 6) is -0.609. The van der Waals surface area contributed by atoms with E-state index in [1.54, 1.807) is 25.6 Å². The number of carbonyl (C=O) groups is 1. The second kappa shape index (κ2) is 8.50. The largest absolute Gasteiger partial charge is 0.385 e. The first-order chi connectivity index (χ1) is 10.7. The van der Waals surface area contributed by atoms with Gasteiger partial charge in [-0.1, -0.05) is 23.9 Å². The van der Waals surface area contributed by atoms with E-state index in [1.807, 2.05) is 4.57 Å². The Morgan fingerprint density at radius 3 is 3.05 bits per heavy atom. The van der Waals surface area contributed by atoms with Gasteiger partial charge >= 0.3 is 0 Å². The maximum Gasteiger partial charge on any atom is 0.234 e. The predicted octanol–water partition coefficient (Wildman–Crippen LogP) is 2.18. The van der Waals surface area contributed by atoms with Gasteiger partial charge in [-0.05, 0) is 18.6 Å². The van der Waals surface area contributed by atoms with Crippen LogP contribution in [-0.2, 0) is 16.1 Å². The number of aromatic nitrogens is 3. The SMILES string of the molecule is COCCCn1cnnc1SCC(=O)Nc1ccccc1F. The molecule has 0 spiro atoms. The number of benzene rings is 1. The zero-order valence-electron chi connectivity index (χ0n) is 12.2. The molecule has 6 nitrogen and oxygen atoms in total. The van der Waals surface area contributed by atoms with Crippen LogP contribution in [0.2, 0.25) is 0 Å². The van der Waals surface area contributed by atoms with Crippen LogP contribution in [0.5, 0.6) is 0 Å². The number of amides is 1. The lowest BCUT2D eigenvalue weighted by Gasteiger charge is -2.07. The summed E-state index contributed by atoms with van der Waals surface area (Å²) < 4.78 is 20.3. The number of aryl methyl sites for hydroxylation is 1. The minimum absolute atomic E-state index is 0.136. The molecule has 22 heavy (non-hydrogen) atoms. The minimum atomic E-state index is -0.455. The fraction of sp³-hybridized carbons (Fsp3) is 0.357. The molecule has 1 N–H and O–H groups in total. The average molecular weight is 324 g/mol. The van der Waals surface area contributed by atoms with Crippen molar-refractivity contribution < 1.29 is 13.9 Å². The molecule has 0 fully saturated rings. The molecule has 2 rings (SSSR count). The van der Waals surface area contributed by atoms with Gasteiger partial charge in [0.2, 0.25) is 5.91 Å². The molecule has 0 unspecified atom stereocenters.